The number of hydrogen-bond donors (Lipinski definition) is 0. The third-order valence-electron chi connectivity index (χ3n) is 5.46. The molecule has 2 aliphatic rings. The van der Waals surface area contributed by atoms with Gasteiger partial charge in [-0.05, 0) is 36.6 Å². The van der Waals surface area contributed by atoms with Crippen molar-refractivity contribution in [1.82, 2.24) is 19.8 Å². The van der Waals surface area contributed by atoms with Gasteiger partial charge in [0.05, 0.1) is 11.8 Å². The van der Waals surface area contributed by atoms with Gasteiger partial charge in [0.2, 0.25) is 11.8 Å². The molecule has 134 valence electrons. The molecule has 0 aliphatic carbocycles. The fourth-order valence-corrected chi connectivity index (χ4v) is 3.99. The SMILES string of the molecule is O=C(Cc1ccccn1)N1CC[C@]2(CCN(Cc3cccnc3)C2=O)C1. The van der Waals surface area contributed by atoms with E-state index in [1.165, 1.54) is 0 Å². The zero-order valence-electron chi connectivity index (χ0n) is 14.7. The summed E-state index contributed by atoms with van der Waals surface area (Å²) in [6, 6.07) is 9.46. The van der Waals surface area contributed by atoms with Crippen LogP contribution in [0.2, 0.25) is 0 Å². The Labute approximate surface area is 152 Å². The number of carbonyl (C=O) groups excluding carboxylic acids is 2. The lowest BCUT2D eigenvalue weighted by molar-refractivity contribution is -0.136. The van der Waals surface area contributed by atoms with Gasteiger partial charge in [-0.3, -0.25) is 19.6 Å². The van der Waals surface area contributed by atoms with E-state index < -0.39 is 5.41 Å². The summed E-state index contributed by atoms with van der Waals surface area (Å²) in [6.45, 7) is 2.52. The Morgan fingerprint density at radius 3 is 2.77 bits per heavy atom. The summed E-state index contributed by atoms with van der Waals surface area (Å²) in [5.74, 6) is 0.230. The van der Waals surface area contributed by atoms with Crippen LogP contribution in [0.3, 0.4) is 0 Å². The van der Waals surface area contributed by atoms with Gasteiger partial charge in [-0.15, -0.1) is 0 Å². The molecular formula is C20H22N4O2. The monoisotopic (exact) mass is 350 g/mol. The molecule has 2 aliphatic heterocycles. The highest BCUT2D eigenvalue weighted by atomic mass is 16.2. The van der Waals surface area contributed by atoms with Crippen molar-refractivity contribution in [3.63, 3.8) is 0 Å². The molecule has 2 fully saturated rings. The number of carbonyl (C=O) groups is 2. The zero-order valence-corrected chi connectivity index (χ0v) is 14.7. The van der Waals surface area contributed by atoms with Crippen LogP contribution in [0.5, 0.6) is 0 Å². The summed E-state index contributed by atoms with van der Waals surface area (Å²) in [6.07, 6.45) is 7.10. The molecule has 0 aromatic carbocycles. The Morgan fingerprint density at radius 1 is 1.12 bits per heavy atom. The minimum Gasteiger partial charge on any atom is -0.341 e. The first-order valence-electron chi connectivity index (χ1n) is 9.02. The Bertz CT molecular complexity index is 796. The molecule has 2 amide bonds. The fourth-order valence-electron chi connectivity index (χ4n) is 3.99. The molecule has 2 saturated heterocycles. The van der Waals surface area contributed by atoms with Gasteiger partial charge in [0.15, 0.2) is 0 Å². The van der Waals surface area contributed by atoms with E-state index in [9.17, 15) is 9.59 Å². The molecule has 1 atom stereocenters. The van der Waals surface area contributed by atoms with Crippen LogP contribution in [0.4, 0.5) is 0 Å². The van der Waals surface area contributed by atoms with Crippen molar-refractivity contribution in [3.05, 3.63) is 60.2 Å². The third-order valence-corrected chi connectivity index (χ3v) is 5.46. The van der Waals surface area contributed by atoms with Crippen molar-refractivity contribution < 1.29 is 9.59 Å². The molecule has 4 rings (SSSR count). The maximum atomic E-state index is 13.0. The van der Waals surface area contributed by atoms with Gasteiger partial charge in [-0.1, -0.05) is 12.1 Å². The molecule has 4 heterocycles. The lowest BCUT2D eigenvalue weighted by Gasteiger charge is -2.23. The lowest BCUT2D eigenvalue weighted by Crippen LogP contribution is -2.38. The summed E-state index contributed by atoms with van der Waals surface area (Å²) in [7, 11) is 0. The number of pyridine rings is 2. The van der Waals surface area contributed by atoms with Gasteiger partial charge >= 0.3 is 0 Å². The van der Waals surface area contributed by atoms with E-state index in [1.807, 2.05) is 40.1 Å². The second-order valence-electron chi connectivity index (χ2n) is 7.18. The molecule has 0 radical (unpaired) electrons. The second-order valence-corrected chi connectivity index (χ2v) is 7.18. The normalized spacial score (nSPS) is 22.4. The highest BCUT2D eigenvalue weighted by Gasteiger charge is 2.51. The van der Waals surface area contributed by atoms with Crippen LogP contribution in [0.25, 0.3) is 0 Å². The van der Waals surface area contributed by atoms with E-state index in [2.05, 4.69) is 9.97 Å². The fraction of sp³-hybridized carbons (Fsp3) is 0.400. The first-order valence-corrected chi connectivity index (χ1v) is 9.02. The maximum absolute atomic E-state index is 13.0. The summed E-state index contributed by atoms with van der Waals surface area (Å²) in [5, 5.41) is 0. The average molecular weight is 350 g/mol. The molecule has 6 heteroatoms. The van der Waals surface area contributed by atoms with E-state index in [1.54, 1.807) is 18.6 Å². The molecule has 26 heavy (non-hydrogen) atoms. The van der Waals surface area contributed by atoms with E-state index in [-0.39, 0.29) is 11.8 Å². The maximum Gasteiger partial charge on any atom is 0.231 e. The minimum absolute atomic E-state index is 0.0547. The Hall–Kier alpha value is -2.76. The van der Waals surface area contributed by atoms with E-state index in [0.29, 0.717) is 26.1 Å². The quantitative estimate of drug-likeness (QED) is 0.841. The number of rotatable bonds is 4. The van der Waals surface area contributed by atoms with Crippen LogP contribution >= 0.6 is 0 Å². The lowest BCUT2D eigenvalue weighted by atomic mass is 9.85. The molecule has 2 aromatic rings. The highest BCUT2D eigenvalue weighted by Crippen LogP contribution is 2.41. The number of hydrogen-bond acceptors (Lipinski definition) is 4. The van der Waals surface area contributed by atoms with Crippen LogP contribution in [0, 0.1) is 5.41 Å². The van der Waals surface area contributed by atoms with Crippen LogP contribution in [-0.2, 0) is 22.6 Å². The molecule has 0 saturated carbocycles. The van der Waals surface area contributed by atoms with Crippen molar-refractivity contribution in [3.8, 4) is 0 Å². The Morgan fingerprint density at radius 2 is 2.00 bits per heavy atom. The molecular weight excluding hydrogens is 328 g/mol. The predicted molar refractivity (Wildman–Crippen MR) is 95.8 cm³/mol. The van der Waals surface area contributed by atoms with Crippen LogP contribution in [0.1, 0.15) is 24.1 Å². The standard InChI is InChI=1S/C20H22N4O2/c25-18(12-17-5-1-2-9-22-17)24-11-7-20(15-24)6-10-23(19(20)26)14-16-4-3-8-21-13-16/h1-5,8-9,13H,6-7,10-12,14-15H2/t20-/m1/s1. The van der Waals surface area contributed by atoms with Crippen molar-refractivity contribution in [2.75, 3.05) is 19.6 Å². The smallest absolute Gasteiger partial charge is 0.231 e. The molecule has 2 aromatic heterocycles. The van der Waals surface area contributed by atoms with Gasteiger partial charge < -0.3 is 9.80 Å². The first-order chi connectivity index (χ1) is 12.7. The van der Waals surface area contributed by atoms with Crippen molar-refractivity contribution in [1.29, 1.82) is 0 Å². The zero-order chi connectivity index (χ0) is 18.0. The minimum atomic E-state index is -0.401. The number of amides is 2. The molecule has 0 unspecified atom stereocenters. The van der Waals surface area contributed by atoms with Gasteiger partial charge in [-0.25, -0.2) is 0 Å². The largest absolute Gasteiger partial charge is 0.341 e. The molecule has 6 nitrogen and oxygen atoms in total. The number of aromatic nitrogens is 2. The third kappa shape index (κ3) is 3.19. The van der Waals surface area contributed by atoms with Crippen molar-refractivity contribution in [2.24, 2.45) is 5.41 Å². The van der Waals surface area contributed by atoms with E-state index >= 15 is 0 Å². The highest BCUT2D eigenvalue weighted by molar-refractivity contribution is 5.87. The summed E-state index contributed by atoms with van der Waals surface area (Å²) < 4.78 is 0. The topological polar surface area (TPSA) is 66.4 Å². The molecule has 1 spiro atoms. The van der Waals surface area contributed by atoms with Crippen molar-refractivity contribution in [2.45, 2.75) is 25.8 Å². The van der Waals surface area contributed by atoms with Gasteiger partial charge in [0.25, 0.3) is 0 Å². The number of nitrogens with zero attached hydrogens (tertiary/aromatic N) is 4. The summed E-state index contributed by atoms with van der Waals surface area (Å²) in [4.78, 5) is 37.7. The Balaban J connectivity index is 1.39. The predicted octanol–water partition coefficient (Wildman–Crippen LogP) is 1.67. The molecule has 0 bridgehead atoms. The van der Waals surface area contributed by atoms with Gasteiger partial charge in [-0.2, -0.15) is 0 Å². The van der Waals surface area contributed by atoms with E-state index in [0.717, 1.165) is 30.6 Å². The van der Waals surface area contributed by atoms with Gasteiger partial charge in [0.1, 0.15) is 0 Å². The van der Waals surface area contributed by atoms with Crippen LogP contribution < -0.4 is 0 Å². The van der Waals surface area contributed by atoms with Gasteiger partial charge in [0, 0.05) is 50.5 Å². The summed E-state index contributed by atoms with van der Waals surface area (Å²) in [5.41, 5.74) is 1.41. The average Bonchev–Trinajstić information content (AvgIpc) is 3.24. The second kappa shape index (κ2) is 6.86. The Kier molecular flexibility index (Phi) is 4.41. The summed E-state index contributed by atoms with van der Waals surface area (Å²) >= 11 is 0. The number of likely N-dealkylation sites (tertiary alicyclic amines) is 2. The van der Waals surface area contributed by atoms with E-state index in [4.69, 9.17) is 0 Å². The van der Waals surface area contributed by atoms with Crippen molar-refractivity contribution >= 4 is 11.8 Å². The van der Waals surface area contributed by atoms with Crippen LogP contribution in [-0.4, -0.2) is 51.2 Å². The van der Waals surface area contributed by atoms with Crippen LogP contribution in [0.15, 0.2) is 48.9 Å². The first kappa shape index (κ1) is 16.7. The molecule has 0 N–H and O–H groups in total.